The van der Waals surface area contributed by atoms with Gasteiger partial charge in [0, 0.05) is 32.5 Å². The van der Waals surface area contributed by atoms with E-state index >= 15 is 0 Å². The minimum Gasteiger partial charge on any atom is -0.477 e. The molecule has 116 valence electrons. The Morgan fingerprint density at radius 1 is 1.23 bits per heavy atom. The Hall–Kier alpha value is -2.56. The zero-order valence-corrected chi connectivity index (χ0v) is 13.2. The number of amides is 1. The molecule has 1 heterocycles. The molecule has 2 rings (SSSR count). The predicted octanol–water partition coefficient (Wildman–Crippen LogP) is 2.48. The molecule has 0 aliphatic rings. The van der Waals surface area contributed by atoms with Crippen LogP contribution in [0.5, 0.6) is 5.88 Å². The van der Waals surface area contributed by atoms with Gasteiger partial charge in [0.05, 0.1) is 6.61 Å². The Kier molecular flexibility index (Phi) is 5.36. The van der Waals surface area contributed by atoms with Crippen LogP contribution in [0.15, 0.2) is 42.6 Å². The Labute approximate surface area is 130 Å². The fraction of sp³-hybridized carbons (Fsp3) is 0.294. The first kappa shape index (κ1) is 15.8. The van der Waals surface area contributed by atoms with Gasteiger partial charge in [-0.2, -0.15) is 0 Å². The number of aromatic nitrogens is 1. The van der Waals surface area contributed by atoms with Crippen molar-refractivity contribution in [2.75, 3.05) is 25.6 Å². The SMILES string of the molecule is CCOc1ncccc1C(=O)NCc1ccc(N(C)C)cc1. The lowest BCUT2D eigenvalue weighted by Gasteiger charge is -2.13. The summed E-state index contributed by atoms with van der Waals surface area (Å²) in [6.45, 7) is 2.80. The van der Waals surface area contributed by atoms with E-state index in [0.717, 1.165) is 11.3 Å². The van der Waals surface area contributed by atoms with Crippen LogP contribution in [0.1, 0.15) is 22.8 Å². The first-order chi connectivity index (χ1) is 10.6. The molecule has 5 heteroatoms. The van der Waals surface area contributed by atoms with Gasteiger partial charge in [0.15, 0.2) is 0 Å². The molecule has 1 amide bonds. The third-order valence-corrected chi connectivity index (χ3v) is 3.20. The lowest BCUT2D eigenvalue weighted by atomic mass is 10.2. The largest absolute Gasteiger partial charge is 0.477 e. The molecular weight excluding hydrogens is 278 g/mol. The Balaban J connectivity index is 2.01. The molecule has 0 unspecified atom stereocenters. The number of carbonyl (C=O) groups is 1. The number of nitrogens with one attached hydrogen (secondary N) is 1. The van der Waals surface area contributed by atoms with Gasteiger partial charge in [0.25, 0.3) is 5.91 Å². The second-order valence-electron chi connectivity index (χ2n) is 5.03. The van der Waals surface area contributed by atoms with Crippen LogP contribution in [-0.2, 0) is 6.54 Å². The van der Waals surface area contributed by atoms with Crippen LogP contribution in [-0.4, -0.2) is 31.6 Å². The molecule has 0 radical (unpaired) electrons. The van der Waals surface area contributed by atoms with E-state index in [-0.39, 0.29) is 5.91 Å². The molecule has 22 heavy (non-hydrogen) atoms. The molecule has 0 spiro atoms. The van der Waals surface area contributed by atoms with E-state index in [1.165, 1.54) is 0 Å². The number of rotatable bonds is 6. The number of anilines is 1. The number of nitrogens with zero attached hydrogens (tertiary/aromatic N) is 2. The normalized spacial score (nSPS) is 10.1. The van der Waals surface area contributed by atoms with Gasteiger partial charge >= 0.3 is 0 Å². The highest BCUT2D eigenvalue weighted by Crippen LogP contribution is 2.15. The Morgan fingerprint density at radius 3 is 2.59 bits per heavy atom. The van der Waals surface area contributed by atoms with E-state index in [1.54, 1.807) is 18.3 Å². The average molecular weight is 299 g/mol. The zero-order valence-electron chi connectivity index (χ0n) is 13.2. The second-order valence-corrected chi connectivity index (χ2v) is 5.03. The van der Waals surface area contributed by atoms with Crippen LogP contribution < -0.4 is 15.0 Å². The third-order valence-electron chi connectivity index (χ3n) is 3.20. The molecule has 1 aromatic heterocycles. The summed E-state index contributed by atoms with van der Waals surface area (Å²) in [5, 5.41) is 2.89. The van der Waals surface area contributed by atoms with E-state index in [1.807, 2.05) is 50.2 Å². The standard InChI is InChI=1S/C17H21N3O2/c1-4-22-17-15(6-5-11-18-17)16(21)19-12-13-7-9-14(10-8-13)20(2)3/h5-11H,4,12H2,1-3H3,(H,19,21). The number of hydrogen-bond donors (Lipinski definition) is 1. The minimum atomic E-state index is -0.187. The molecule has 1 N–H and O–H groups in total. The summed E-state index contributed by atoms with van der Waals surface area (Å²) in [6, 6.07) is 11.5. The zero-order chi connectivity index (χ0) is 15.9. The van der Waals surface area contributed by atoms with E-state index in [9.17, 15) is 4.79 Å². The van der Waals surface area contributed by atoms with Crippen LogP contribution in [0.4, 0.5) is 5.69 Å². The summed E-state index contributed by atoms with van der Waals surface area (Å²) in [4.78, 5) is 18.4. The van der Waals surface area contributed by atoms with Crippen molar-refractivity contribution < 1.29 is 9.53 Å². The van der Waals surface area contributed by atoms with Crippen molar-refractivity contribution in [3.63, 3.8) is 0 Å². The minimum absolute atomic E-state index is 0.187. The summed E-state index contributed by atoms with van der Waals surface area (Å²) < 4.78 is 5.37. The van der Waals surface area contributed by atoms with E-state index in [2.05, 4.69) is 10.3 Å². The number of ether oxygens (including phenoxy) is 1. The maximum Gasteiger partial charge on any atom is 0.257 e. The highest BCUT2D eigenvalue weighted by atomic mass is 16.5. The third kappa shape index (κ3) is 3.97. The smallest absolute Gasteiger partial charge is 0.257 e. The molecular formula is C17H21N3O2. The van der Waals surface area contributed by atoms with Crippen LogP contribution in [0.25, 0.3) is 0 Å². The number of benzene rings is 1. The van der Waals surface area contributed by atoms with Crippen LogP contribution >= 0.6 is 0 Å². The molecule has 0 fully saturated rings. The van der Waals surface area contributed by atoms with E-state index in [4.69, 9.17) is 4.74 Å². The van der Waals surface area contributed by atoms with Crippen molar-refractivity contribution >= 4 is 11.6 Å². The lowest BCUT2D eigenvalue weighted by molar-refractivity contribution is 0.0946. The maximum atomic E-state index is 12.2. The number of carbonyl (C=O) groups excluding carboxylic acids is 1. The summed E-state index contributed by atoms with van der Waals surface area (Å²) in [7, 11) is 3.99. The van der Waals surface area contributed by atoms with Crippen LogP contribution in [0.2, 0.25) is 0 Å². The number of pyridine rings is 1. The molecule has 1 aromatic carbocycles. The van der Waals surface area contributed by atoms with E-state index in [0.29, 0.717) is 24.6 Å². The summed E-state index contributed by atoms with van der Waals surface area (Å²) in [5.41, 5.74) is 2.62. The van der Waals surface area contributed by atoms with E-state index < -0.39 is 0 Å². The Bertz CT molecular complexity index is 624. The van der Waals surface area contributed by atoms with Gasteiger partial charge in [-0.15, -0.1) is 0 Å². The summed E-state index contributed by atoms with van der Waals surface area (Å²) in [6.07, 6.45) is 1.61. The van der Waals surface area contributed by atoms with Gasteiger partial charge in [0.2, 0.25) is 5.88 Å². The highest BCUT2D eigenvalue weighted by Gasteiger charge is 2.12. The van der Waals surface area contributed by atoms with Gasteiger partial charge in [-0.3, -0.25) is 4.79 Å². The summed E-state index contributed by atoms with van der Waals surface area (Å²) >= 11 is 0. The van der Waals surface area contributed by atoms with Gasteiger partial charge in [-0.1, -0.05) is 12.1 Å². The average Bonchev–Trinajstić information content (AvgIpc) is 2.54. The lowest BCUT2D eigenvalue weighted by Crippen LogP contribution is -2.23. The van der Waals surface area contributed by atoms with Crippen molar-refractivity contribution in [2.45, 2.75) is 13.5 Å². The maximum absolute atomic E-state index is 12.2. The van der Waals surface area contributed by atoms with Gasteiger partial charge in [0.1, 0.15) is 5.56 Å². The number of hydrogen-bond acceptors (Lipinski definition) is 4. The topological polar surface area (TPSA) is 54.5 Å². The summed E-state index contributed by atoms with van der Waals surface area (Å²) in [5.74, 6) is 0.179. The molecule has 0 aliphatic carbocycles. The predicted molar refractivity (Wildman–Crippen MR) is 87.3 cm³/mol. The van der Waals surface area contributed by atoms with Gasteiger partial charge < -0.3 is 15.0 Å². The first-order valence-corrected chi connectivity index (χ1v) is 7.24. The molecule has 0 saturated heterocycles. The van der Waals surface area contributed by atoms with Crippen LogP contribution in [0, 0.1) is 0 Å². The molecule has 0 aliphatic heterocycles. The van der Waals surface area contributed by atoms with Gasteiger partial charge in [-0.25, -0.2) is 4.98 Å². The van der Waals surface area contributed by atoms with Crippen molar-refractivity contribution in [2.24, 2.45) is 0 Å². The monoisotopic (exact) mass is 299 g/mol. The van der Waals surface area contributed by atoms with Crippen molar-refractivity contribution in [3.8, 4) is 5.88 Å². The van der Waals surface area contributed by atoms with Gasteiger partial charge in [-0.05, 0) is 36.8 Å². The first-order valence-electron chi connectivity index (χ1n) is 7.24. The van der Waals surface area contributed by atoms with Crippen molar-refractivity contribution in [1.82, 2.24) is 10.3 Å². The highest BCUT2D eigenvalue weighted by molar-refractivity contribution is 5.96. The molecule has 0 bridgehead atoms. The quantitative estimate of drug-likeness (QED) is 0.890. The van der Waals surface area contributed by atoms with Crippen molar-refractivity contribution in [1.29, 1.82) is 0 Å². The second kappa shape index (κ2) is 7.45. The van der Waals surface area contributed by atoms with Crippen LogP contribution in [0.3, 0.4) is 0 Å². The molecule has 2 aromatic rings. The molecule has 0 saturated carbocycles. The van der Waals surface area contributed by atoms with Crippen molar-refractivity contribution in [3.05, 3.63) is 53.7 Å². The Morgan fingerprint density at radius 2 is 1.95 bits per heavy atom. The molecule has 0 atom stereocenters. The fourth-order valence-corrected chi connectivity index (χ4v) is 2.00. The molecule has 5 nitrogen and oxygen atoms in total. The fourth-order valence-electron chi connectivity index (χ4n) is 2.00.